The van der Waals surface area contributed by atoms with Gasteiger partial charge in [0.1, 0.15) is 5.69 Å². The van der Waals surface area contributed by atoms with Gasteiger partial charge in [0.2, 0.25) is 0 Å². The summed E-state index contributed by atoms with van der Waals surface area (Å²) in [7, 11) is 0. The van der Waals surface area contributed by atoms with Crippen molar-refractivity contribution in [2.24, 2.45) is 0 Å². The molecule has 2 aromatic carbocycles. The molecule has 1 aromatic heterocycles. The maximum atomic E-state index is 6.32. The van der Waals surface area contributed by atoms with Gasteiger partial charge in [-0.1, -0.05) is 42.5 Å². The van der Waals surface area contributed by atoms with Crippen LogP contribution < -0.4 is 5.73 Å². The molecule has 22 heavy (non-hydrogen) atoms. The van der Waals surface area contributed by atoms with Gasteiger partial charge in [0.15, 0.2) is 5.82 Å². The third-order valence-corrected chi connectivity index (χ3v) is 4.09. The van der Waals surface area contributed by atoms with Gasteiger partial charge in [-0.05, 0) is 49.1 Å². The second-order valence-electron chi connectivity index (χ2n) is 5.52. The highest BCUT2D eigenvalue weighted by atomic mass is 15.5. The first-order valence-corrected chi connectivity index (χ1v) is 7.49. The van der Waals surface area contributed by atoms with Crippen LogP contribution in [0.4, 0.5) is 5.82 Å². The van der Waals surface area contributed by atoms with Gasteiger partial charge in [0, 0.05) is 5.56 Å². The Morgan fingerprint density at radius 1 is 1.05 bits per heavy atom. The summed E-state index contributed by atoms with van der Waals surface area (Å²) < 4.78 is 1.73. The van der Waals surface area contributed by atoms with E-state index in [4.69, 9.17) is 5.73 Å². The number of nitrogens with two attached hydrogens (primary N) is 1. The predicted molar refractivity (Wildman–Crippen MR) is 90.1 cm³/mol. The third-order valence-electron chi connectivity index (χ3n) is 4.09. The molecule has 0 fully saturated rings. The number of aryl methyl sites for hydroxylation is 3. The highest BCUT2D eigenvalue weighted by Gasteiger charge is 2.15. The van der Waals surface area contributed by atoms with Crippen LogP contribution in [0.2, 0.25) is 0 Å². The molecule has 4 nitrogen and oxygen atoms in total. The summed E-state index contributed by atoms with van der Waals surface area (Å²) in [4.78, 5) is 0. The summed E-state index contributed by atoms with van der Waals surface area (Å²) in [6, 6.07) is 14.4. The lowest BCUT2D eigenvalue weighted by Gasteiger charge is -2.09. The Hall–Kier alpha value is -2.62. The molecule has 112 valence electrons. The van der Waals surface area contributed by atoms with Crippen molar-refractivity contribution in [1.29, 1.82) is 0 Å². The molecular formula is C18H20N4. The SMILES string of the molecule is CCc1ccccc1-n1nnc(-c2ccc(C)c(C)c2)c1N. The van der Waals surface area contributed by atoms with Crippen molar-refractivity contribution in [3.05, 3.63) is 59.2 Å². The van der Waals surface area contributed by atoms with Crippen molar-refractivity contribution in [1.82, 2.24) is 15.0 Å². The largest absolute Gasteiger partial charge is 0.382 e. The Balaban J connectivity index is 2.11. The lowest BCUT2D eigenvalue weighted by atomic mass is 10.0. The van der Waals surface area contributed by atoms with Crippen LogP contribution in [0, 0.1) is 13.8 Å². The Bertz CT molecular complexity index is 818. The van der Waals surface area contributed by atoms with Crippen LogP contribution in [0.1, 0.15) is 23.6 Å². The van der Waals surface area contributed by atoms with Gasteiger partial charge in [-0.15, -0.1) is 5.10 Å². The van der Waals surface area contributed by atoms with Gasteiger partial charge in [-0.25, -0.2) is 0 Å². The summed E-state index contributed by atoms with van der Waals surface area (Å²) in [6.45, 7) is 6.30. The molecule has 2 N–H and O–H groups in total. The standard InChI is InChI=1S/C18H20N4/c1-4-14-7-5-6-8-16(14)22-18(19)17(20-21-22)15-10-9-12(2)13(3)11-15/h5-11H,4,19H2,1-3H3. The number of hydrogen-bond donors (Lipinski definition) is 1. The molecule has 0 aliphatic rings. The number of rotatable bonds is 3. The highest BCUT2D eigenvalue weighted by molar-refractivity contribution is 5.72. The van der Waals surface area contributed by atoms with Crippen LogP contribution >= 0.6 is 0 Å². The van der Waals surface area contributed by atoms with E-state index in [-0.39, 0.29) is 0 Å². The molecule has 0 unspecified atom stereocenters. The quantitative estimate of drug-likeness (QED) is 0.801. The second kappa shape index (κ2) is 5.64. The number of hydrogen-bond acceptors (Lipinski definition) is 3. The number of aromatic nitrogens is 3. The minimum absolute atomic E-state index is 0.573. The maximum absolute atomic E-state index is 6.32. The highest BCUT2D eigenvalue weighted by Crippen LogP contribution is 2.28. The van der Waals surface area contributed by atoms with E-state index in [0.717, 1.165) is 23.4 Å². The molecule has 0 saturated carbocycles. The lowest BCUT2D eigenvalue weighted by Crippen LogP contribution is -2.05. The van der Waals surface area contributed by atoms with Crippen LogP contribution in [0.3, 0.4) is 0 Å². The fourth-order valence-corrected chi connectivity index (χ4v) is 2.58. The summed E-state index contributed by atoms with van der Waals surface area (Å²) in [5.74, 6) is 0.573. The van der Waals surface area contributed by atoms with Crippen molar-refractivity contribution >= 4 is 5.82 Å². The zero-order chi connectivity index (χ0) is 15.7. The number of benzene rings is 2. The van der Waals surface area contributed by atoms with E-state index in [0.29, 0.717) is 5.82 Å². The summed E-state index contributed by atoms with van der Waals surface area (Å²) in [5, 5.41) is 8.56. The van der Waals surface area contributed by atoms with Crippen molar-refractivity contribution in [2.75, 3.05) is 5.73 Å². The molecule has 0 amide bonds. The van der Waals surface area contributed by atoms with E-state index < -0.39 is 0 Å². The topological polar surface area (TPSA) is 56.7 Å². The Morgan fingerprint density at radius 2 is 1.82 bits per heavy atom. The molecule has 0 spiro atoms. The van der Waals surface area contributed by atoms with Gasteiger partial charge < -0.3 is 5.73 Å². The fourth-order valence-electron chi connectivity index (χ4n) is 2.58. The van der Waals surface area contributed by atoms with Crippen molar-refractivity contribution < 1.29 is 0 Å². The monoisotopic (exact) mass is 292 g/mol. The van der Waals surface area contributed by atoms with E-state index in [9.17, 15) is 0 Å². The zero-order valence-electron chi connectivity index (χ0n) is 13.2. The molecule has 3 aromatic rings. The Morgan fingerprint density at radius 3 is 2.55 bits per heavy atom. The van der Waals surface area contributed by atoms with Crippen molar-refractivity contribution in [2.45, 2.75) is 27.2 Å². The van der Waals surface area contributed by atoms with E-state index in [1.54, 1.807) is 4.68 Å². The summed E-state index contributed by atoms with van der Waals surface area (Å²) in [5.41, 5.74) is 12.7. The maximum Gasteiger partial charge on any atom is 0.155 e. The van der Waals surface area contributed by atoms with Crippen LogP contribution in [0.25, 0.3) is 16.9 Å². The average Bonchev–Trinajstić information content (AvgIpc) is 2.91. The fraction of sp³-hybridized carbons (Fsp3) is 0.222. The van der Waals surface area contributed by atoms with E-state index >= 15 is 0 Å². The molecule has 0 aliphatic carbocycles. The molecule has 0 saturated heterocycles. The van der Waals surface area contributed by atoms with Gasteiger partial charge in [0.25, 0.3) is 0 Å². The Kier molecular flexibility index (Phi) is 3.67. The summed E-state index contributed by atoms with van der Waals surface area (Å²) in [6.07, 6.45) is 0.925. The molecule has 4 heteroatoms. The lowest BCUT2D eigenvalue weighted by molar-refractivity contribution is 0.800. The zero-order valence-corrected chi connectivity index (χ0v) is 13.2. The predicted octanol–water partition coefficient (Wildman–Crippen LogP) is 3.70. The van der Waals surface area contributed by atoms with Crippen LogP contribution in [-0.2, 0) is 6.42 Å². The normalized spacial score (nSPS) is 10.9. The van der Waals surface area contributed by atoms with Gasteiger partial charge in [-0.3, -0.25) is 0 Å². The minimum atomic E-state index is 0.573. The molecule has 3 rings (SSSR count). The first kappa shape index (κ1) is 14.3. The molecule has 1 heterocycles. The van der Waals surface area contributed by atoms with E-state index in [2.05, 4.69) is 49.3 Å². The van der Waals surface area contributed by atoms with E-state index in [1.165, 1.54) is 16.7 Å². The first-order chi connectivity index (χ1) is 10.6. The van der Waals surface area contributed by atoms with Crippen molar-refractivity contribution in [3.8, 4) is 16.9 Å². The molecule has 0 atom stereocenters. The second-order valence-corrected chi connectivity index (χ2v) is 5.52. The van der Waals surface area contributed by atoms with Gasteiger partial charge >= 0.3 is 0 Å². The van der Waals surface area contributed by atoms with Crippen LogP contribution in [-0.4, -0.2) is 15.0 Å². The van der Waals surface area contributed by atoms with Gasteiger partial charge in [-0.2, -0.15) is 4.68 Å². The molecule has 0 radical (unpaired) electrons. The van der Waals surface area contributed by atoms with Crippen LogP contribution in [0.15, 0.2) is 42.5 Å². The smallest absolute Gasteiger partial charge is 0.155 e. The first-order valence-electron chi connectivity index (χ1n) is 7.49. The number of nitrogens with zero attached hydrogens (tertiary/aromatic N) is 3. The molecule has 0 aliphatic heterocycles. The molecular weight excluding hydrogens is 272 g/mol. The summed E-state index contributed by atoms with van der Waals surface area (Å²) >= 11 is 0. The molecule has 0 bridgehead atoms. The van der Waals surface area contributed by atoms with Crippen LogP contribution in [0.5, 0.6) is 0 Å². The number of para-hydroxylation sites is 1. The average molecular weight is 292 g/mol. The van der Waals surface area contributed by atoms with Gasteiger partial charge in [0.05, 0.1) is 5.69 Å². The number of nitrogen functional groups attached to an aromatic ring is 1. The minimum Gasteiger partial charge on any atom is -0.382 e. The number of anilines is 1. The Labute approximate surface area is 130 Å². The van der Waals surface area contributed by atoms with Crippen molar-refractivity contribution in [3.63, 3.8) is 0 Å². The van der Waals surface area contributed by atoms with E-state index in [1.807, 2.05) is 24.3 Å². The third kappa shape index (κ3) is 2.37.